The summed E-state index contributed by atoms with van der Waals surface area (Å²) in [4.78, 5) is 38.9. The van der Waals surface area contributed by atoms with Crippen LogP contribution in [0.4, 0.5) is 4.79 Å². The van der Waals surface area contributed by atoms with Crippen molar-refractivity contribution >= 4 is 29.2 Å². The Morgan fingerprint density at radius 1 is 1.38 bits per heavy atom. The molecule has 2 aromatic rings. The molecule has 0 saturated heterocycles. The van der Waals surface area contributed by atoms with Crippen molar-refractivity contribution in [3.8, 4) is 11.4 Å². The van der Waals surface area contributed by atoms with Crippen LogP contribution in [0.2, 0.25) is 0 Å². The zero-order valence-corrected chi connectivity index (χ0v) is 15.3. The number of nitrogens with one attached hydrogen (secondary N) is 2. The highest BCUT2D eigenvalue weighted by atomic mass is 32.1. The molecule has 0 radical (unpaired) electrons. The summed E-state index contributed by atoms with van der Waals surface area (Å²) in [6.45, 7) is 3.18. The minimum absolute atomic E-state index is 0.0163. The topological polar surface area (TPSA) is 123 Å². The standard InChI is InChI=1S/C16H20N4O5S/c1-3-10(2)17-16(23)18-12(21)8-24-14(22)5-4-13-19-15(20-25-13)11-6-7-26-9-11/h6-7,9-10H,3-5,8H2,1-2H3,(H2,17,18,21,23)/t10-/m1/s1. The maximum Gasteiger partial charge on any atom is 0.321 e. The van der Waals surface area contributed by atoms with Gasteiger partial charge in [-0.3, -0.25) is 14.9 Å². The Bertz CT molecular complexity index is 744. The fourth-order valence-electron chi connectivity index (χ4n) is 1.82. The predicted molar refractivity (Wildman–Crippen MR) is 93.3 cm³/mol. The number of nitrogens with zero attached hydrogens (tertiary/aromatic N) is 2. The normalized spacial score (nSPS) is 11.6. The molecule has 2 rings (SSSR count). The van der Waals surface area contributed by atoms with Crippen molar-refractivity contribution in [1.82, 2.24) is 20.8 Å². The monoisotopic (exact) mass is 380 g/mol. The third-order valence-electron chi connectivity index (χ3n) is 3.40. The van der Waals surface area contributed by atoms with E-state index in [4.69, 9.17) is 9.26 Å². The molecule has 2 N–H and O–H groups in total. The molecule has 140 valence electrons. The molecule has 2 heterocycles. The van der Waals surface area contributed by atoms with Crippen LogP contribution in [0, 0.1) is 0 Å². The van der Waals surface area contributed by atoms with Crippen molar-refractivity contribution in [3.63, 3.8) is 0 Å². The Balaban J connectivity index is 1.67. The van der Waals surface area contributed by atoms with Crippen LogP contribution in [0.15, 0.2) is 21.3 Å². The number of hydrogen-bond acceptors (Lipinski definition) is 8. The Kier molecular flexibility index (Phi) is 7.27. The molecule has 26 heavy (non-hydrogen) atoms. The van der Waals surface area contributed by atoms with E-state index in [-0.39, 0.29) is 18.9 Å². The Morgan fingerprint density at radius 3 is 2.88 bits per heavy atom. The third kappa shape index (κ3) is 6.28. The van der Waals surface area contributed by atoms with E-state index >= 15 is 0 Å². The minimum atomic E-state index is -0.698. The molecule has 9 nitrogen and oxygen atoms in total. The first-order valence-corrected chi connectivity index (χ1v) is 9.03. The summed E-state index contributed by atoms with van der Waals surface area (Å²) in [6.07, 6.45) is 0.921. The molecule has 0 spiro atoms. The van der Waals surface area contributed by atoms with Crippen LogP contribution in [0.25, 0.3) is 11.4 Å². The molecule has 0 aliphatic heterocycles. The molecule has 0 aliphatic rings. The zero-order valence-electron chi connectivity index (χ0n) is 14.5. The van der Waals surface area contributed by atoms with Crippen molar-refractivity contribution in [2.24, 2.45) is 0 Å². The fourth-order valence-corrected chi connectivity index (χ4v) is 2.45. The van der Waals surface area contributed by atoms with Crippen LogP contribution in [0.3, 0.4) is 0 Å². The quantitative estimate of drug-likeness (QED) is 0.670. The van der Waals surface area contributed by atoms with E-state index in [2.05, 4.69) is 20.8 Å². The van der Waals surface area contributed by atoms with Crippen molar-refractivity contribution < 1.29 is 23.6 Å². The fraction of sp³-hybridized carbons (Fsp3) is 0.438. The molecule has 0 saturated carbocycles. The van der Waals surface area contributed by atoms with Gasteiger partial charge in [-0.25, -0.2) is 4.79 Å². The number of carbonyl (C=O) groups is 3. The van der Waals surface area contributed by atoms with Gasteiger partial charge in [-0.1, -0.05) is 12.1 Å². The molecule has 10 heteroatoms. The highest BCUT2D eigenvalue weighted by Gasteiger charge is 2.14. The van der Waals surface area contributed by atoms with Gasteiger partial charge in [0.15, 0.2) is 6.61 Å². The molecule has 1 atom stereocenters. The number of rotatable bonds is 8. The number of urea groups is 1. The largest absolute Gasteiger partial charge is 0.456 e. The first kappa shape index (κ1) is 19.6. The Hall–Kier alpha value is -2.75. The second-order valence-corrected chi connectivity index (χ2v) is 6.30. The minimum Gasteiger partial charge on any atom is -0.456 e. The summed E-state index contributed by atoms with van der Waals surface area (Å²) in [7, 11) is 0. The molecule has 3 amide bonds. The number of aromatic nitrogens is 2. The summed E-state index contributed by atoms with van der Waals surface area (Å²) >= 11 is 1.52. The maximum absolute atomic E-state index is 11.7. The molecule has 0 fully saturated rings. The maximum atomic E-state index is 11.7. The first-order valence-electron chi connectivity index (χ1n) is 8.09. The van der Waals surface area contributed by atoms with Gasteiger partial charge in [0.1, 0.15) is 0 Å². The summed E-state index contributed by atoms with van der Waals surface area (Å²) < 4.78 is 9.89. The summed E-state index contributed by atoms with van der Waals surface area (Å²) in [5.41, 5.74) is 0.847. The van der Waals surface area contributed by atoms with Crippen LogP contribution in [0.5, 0.6) is 0 Å². The predicted octanol–water partition coefficient (Wildman–Crippen LogP) is 1.90. The average molecular weight is 380 g/mol. The van der Waals surface area contributed by atoms with Gasteiger partial charge < -0.3 is 14.6 Å². The highest BCUT2D eigenvalue weighted by Crippen LogP contribution is 2.18. The number of hydrogen-bond donors (Lipinski definition) is 2. The van der Waals surface area contributed by atoms with Gasteiger partial charge in [-0.2, -0.15) is 16.3 Å². The molecule has 0 aromatic carbocycles. The Morgan fingerprint density at radius 2 is 2.19 bits per heavy atom. The van der Waals surface area contributed by atoms with Gasteiger partial charge in [0, 0.05) is 23.4 Å². The van der Waals surface area contributed by atoms with E-state index in [1.54, 1.807) is 0 Å². The van der Waals surface area contributed by atoms with E-state index in [0.29, 0.717) is 11.7 Å². The summed E-state index contributed by atoms with van der Waals surface area (Å²) in [6, 6.07) is 1.19. The molecule has 0 unspecified atom stereocenters. The lowest BCUT2D eigenvalue weighted by molar-refractivity contribution is -0.148. The van der Waals surface area contributed by atoms with E-state index in [0.717, 1.165) is 12.0 Å². The van der Waals surface area contributed by atoms with Crippen molar-refractivity contribution in [2.45, 2.75) is 39.2 Å². The molecule has 0 aliphatic carbocycles. The highest BCUT2D eigenvalue weighted by molar-refractivity contribution is 7.08. The zero-order chi connectivity index (χ0) is 18.9. The van der Waals surface area contributed by atoms with Crippen molar-refractivity contribution in [1.29, 1.82) is 0 Å². The number of esters is 1. The first-order chi connectivity index (χ1) is 12.5. The van der Waals surface area contributed by atoms with Crippen LogP contribution in [-0.2, 0) is 20.7 Å². The van der Waals surface area contributed by atoms with Crippen LogP contribution in [-0.4, -0.2) is 40.7 Å². The van der Waals surface area contributed by atoms with Gasteiger partial charge in [-0.05, 0) is 24.8 Å². The van der Waals surface area contributed by atoms with Gasteiger partial charge in [0.05, 0.1) is 6.42 Å². The average Bonchev–Trinajstić information content (AvgIpc) is 3.28. The number of amides is 3. The van der Waals surface area contributed by atoms with E-state index in [1.165, 1.54) is 11.3 Å². The molecule has 0 bridgehead atoms. The molecule has 2 aromatic heterocycles. The van der Waals surface area contributed by atoms with Crippen LogP contribution >= 0.6 is 11.3 Å². The third-order valence-corrected chi connectivity index (χ3v) is 4.08. The van der Waals surface area contributed by atoms with E-state index in [1.807, 2.05) is 30.7 Å². The lowest BCUT2D eigenvalue weighted by Crippen LogP contribution is -2.44. The van der Waals surface area contributed by atoms with Gasteiger partial charge in [0.25, 0.3) is 5.91 Å². The lowest BCUT2D eigenvalue weighted by atomic mass is 10.3. The molecular weight excluding hydrogens is 360 g/mol. The smallest absolute Gasteiger partial charge is 0.321 e. The second-order valence-electron chi connectivity index (χ2n) is 5.52. The second kappa shape index (κ2) is 9.66. The number of carbonyl (C=O) groups excluding carboxylic acids is 3. The lowest BCUT2D eigenvalue weighted by Gasteiger charge is -2.11. The SMILES string of the molecule is CC[C@@H](C)NC(=O)NC(=O)COC(=O)CCc1nc(-c2ccsc2)no1. The Labute approximate surface area is 154 Å². The van der Waals surface area contributed by atoms with Gasteiger partial charge in [-0.15, -0.1) is 0 Å². The number of thiophene rings is 1. The van der Waals surface area contributed by atoms with Crippen LogP contribution < -0.4 is 10.6 Å². The van der Waals surface area contributed by atoms with E-state index in [9.17, 15) is 14.4 Å². The number of aryl methyl sites for hydroxylation is 1. The number of ether oxygens (including phenoxy) is 1. The number of imide groups is 1. The van der Waals surface area contributed by atoms with Gasteiger partial charge in [0.2, 0.25) is 11.7 Å². The summed E-state index contributed by atoms with van der Waals surface area (Å²) in [5.74, 6) is -0.531. The van der Waals surface area contributed by atoms with Gasteiger partial charge >= 0.3 is 12.0 Å². The van der Waals surface area contributed by atoms with E-state index < -0.39 is 24.5 Å². The summed E-state index contributed by atoms with van der Waals surface area (Å²) in [5, 5.41) is 12.3. The van der Waals surface area contributed by atoms with Crippen molar-refractivity contribution in [3.05, 3.63) is 22.7 Å². The molecular formula is C16H20N4O5S. The van der Waals surface area contributed by atoms with Crippen LogP contribution in [0.1, 0.15) is 32.6 Å². The van der Waals surface area contributed by atoms with Crippen molar-refractivity contribution in [2.75, 3.05) is 6.61 Å².